The fraction of sp³-hybridized carbons (Fsp3) is 0.389. The number of aromatic nitrogens is 1. The van der Waals surface area contributed by atoms with Crippen LogP contribution in [0.4, 0.5) is 15.8 Å². The molecule has 6 nitrogen and oxygen atoms in total. The van der Waals surface area contributed by atoms with Crippen LogP contribution in [0, 0.1) is 5.82 Å². The molecule has 0 saturated carbocycles. The Bertz CT molecular complexity index is 837. The summed E-state index contributed by atoms with van der Waals surface area (Å²) in [5.41, 5.74) is 1.89. The molecule has 1 N–H and O–H groups in total. The Labute approximate surface area is 153 Å². The smallest absolute Gasteiger partial charge is 0.235 e. The third-order valence-electron chi connectivity index (χ3n) is 4.41. The van der Waals surface area contributed by atoms with Crippen LogP contribution in [-0.4, -0.2) is 39.4 Å². The molecular weight excluding hydrogens is 357 g/mol. The number of sulfonamides is 1. The first-order valence-corrected chi connectivity index (χ1v) is 10.1. The van der Waals surface area contributed by atoms with Crippen LogP contribution >= 0.6 is 0 Å². The standard InChI is InChI=1S/C18H22FN3O3S/c1-25-18(14-4-6-15(19)7-5-14)13-26(23,24)21-16-12-20-9-8-17(16)22-10-2-3-11-22/h4-9,12,18,21H,2-3,10-11,13H2,1H3. The molecular formula is C18H22FN3O3S. The highest BCUT2D eigenvalue weighted by Gasteiger charge is 2.23. The van der Waals surface area contributed by atoms with Gasteiger partial charge in [0.25, 0.3) is 0 Å². The SMILES string of the molecule is COC(CS(=O)(=O)Nc1cnccc1N1CCCC1)c1ccc(F)cc1. The van der Waals surface area contributed by atoms with Crippen molar-refractivity contribution in [2.45, 2.75) is 18.9 Å². The maximum atomic E-state index is 13.1. The fourth-order valence-electron chi connectivity index (χ4n) is 3.09. The Morgan fingerprint density at radius 3 is 2.58 bits per heavy atom. The Hall–Kier alpha value is -2.19. The summed E-state index contributed by atoms with van der Waals surface area (Å²) in [6, 6.07) is 7.44. The third-order valence-corrected chi connectivity index (χ3v) is 5.68. The quantitative estimate of drug-likeness (QED) is 0.801. The van der Waals surface area contributed by atoms with Crippen molar-refractivity contribution in [1.82, 2.24) is 4.98 Å². The van der Waals surface area contributed by atoms with Crippen molar-refractivity contribution in [3.63, 3.8) is 0 Å². The van der Waals surface area contributed by atoms with E-state index < -0.39 is 16.1 Å². The number of ether oxygens (including phenoxy) is 1. The van der Waals surface area contributed by atoms with Gasteiger partial charge in [0.05, 0.1) is 29.4 Å². The molecule has 1 saturated heterocycles. The summed E-state index contributed by atoms with van der Waals surface area (Å²) < 4.78 is 46.4. The zero-order chi connectivity index (χ0) is 18.6. The van der Waals surface area contributed by atoms with E-state index in [1.807, 2.05) is 6.07 Å². The van der Waals surface area contributed by atoms with Crippen LogP contribution in [0.3, 0.4) is 0 Å². The lowest BCUT2D eigenvalue weighted by molar-refractivity contribution is 0.122. The second-order valence-electron chi connectivity index (χ2n) is 6.25. The first-order valence-electron chi connectivity index (χ1n) is 8.46. The molecule has 1 aromatic carbocycles. The molecule has 1 aliphatic heterocycles. The minimum atomic E-state index is -3.69. The summed E-state index contributed by atoms with van der Waals surface area (Å²) in [6.07, 6.45) is 4.66. The van der Waals surface area contributed by atoms with Crippen molar-refractivity contribution >= 4 is 21.4 Å². The average Bonchev–Trinajstić information content (AvgIpc) is 3.15. The number of anilines is 2. The van der Waals surface area contributed by atoms with Gasteiger partial charge < -0.3 is 9.64 Å². The molecule has 8 heteroatoms. The second-order valence-corrected chi connectivity index (χ2v) is 8.01. The average molecular weight is 379 g/mol. The lowest BCUT2D eigenvalue weighted by Crippen LogP contribution is -2.25. The van der Waals surface area contributed by atoms with E-state index in [1.165, 1.54) is 37.6 Å². The van der Waals surface area contributed by atoms with Gasteiger partial charge in [-0.1, -0.05) is 12.1 Å². The molecule has 0 radical (unpaired) electrons. The Kier molecular flexibility index (Phi) is 5.73. The number of benzene rings is 1. The molecule has 1 fully saturated rings. The van der Waals surface area contributed by atoms with E-state index in [0.29, 0.717) is 11.3 Å². The number of hydrogen-bond donors (Lipinski definition) is 1. The largest absolute Gasteiger partial charge is 0.376 e. The third kappa shape index (κ3) is 4.50. The topological polar surface area (TPSA) is 71.5 Å². The highest BCUT2D eigenvalue weighted by atomic mass is 32.2. The van der Waals surface area contributed by atoms with E-state index in [-0.39, 0.29) is 11.6 Å². The van der Waals surface area contributed by atoms with Crippen LogP contribution in [0.2, 0.25) is 0 Å². The van der Waals surface area contributed by atoms with Gasteiger partial charge in [-0.25, -0.2) is 12.8 Å². The molecule has 1 aliphatic rings. The normalized spacial score (nSPS) is 15.8. The first kappa shape index (κ1) is 18.6. The number of hydrogen-bond acceptors (Lipinski definition) is 5. The minimum Gasteiger partial charge on any atom is -0.376 e. The van der Waals surface area contributed by atoms with Crippen molar-refractivity contribution < 1.29 is 17.5 Å². The zero-order valence-electron chi connectivity index (χ0n) is 14.6. The molecule has 3 rings (SSSR count). The molecule has 0 aliphatic carbocycles. The predicted octanol–water partition coefficient (Wildman–Crippen LogP) is 2.95. The van der Waals surface area contributed by atoms with Gasteiger partial charge in [-0.05, 0) is 36.6 Å². The maximum absolute atomic E-state index is 13.1. The second kappa shape index (κ2) is 8.01. The summed E-state index contributed by atoms with van der Waals surface area (Å²) >= 11 is 0. The van der Waals surface area contributed by atoms with Crippen molar-refractivity contribution in [2.24, 2.45) is 0 Å². The molecule has 2 aromatic rings. The lowest BCUT2D eigenvalue weighted by Gasteiger charge is -2.22. The van der Waals surface area contributed by atoms with E-state index in [1.54, 1.807) is 6.20 Å². The Balaban J connectivity index is 1.77. The van der Waals surface area contributed by atoms with Crippen molar-refractivity contribution in [1.29, 1.82) is 0 Å². The van der Waals surface area contributed by atoms with Crippen LogP contribution in [0.25, 0.3) is 0 Å². The van der Waals surface area contributed by atoms with Gasteiger partial charge in [0.1, 0.15) is 5.82 Å². The maximum Gasteiger partial charge on any atom is 0.235 e. The molecule has 0 amide bonds. The predicted molar refractivity (Wildman–Crippen MR) is 99.2 cm³/mol. The number of rotatable bonds is 7. The van der Waals surface area contributed by atoms with E-state index in [4.69, 9.17) is 4.74 Å². The van der Waals surface area contributed by atoms with E-state index in [0.717, 1.165) is 31.6 Å². The molecule has 26 heavy (non-hydrogen) atoms. The molecule has 1 atom stereocenters. The summed E-state index contributed by atoms with van der Waals surface area (Å²) in [5.74, 6) is -0.654. The molecule has 2 heterocycles. The number of nitrogens with one attached hydrogen (secondary N) is 1. The summed E-state index contributed by atoms with van der Waals surface area (Å²) in [5, 5.41) is 0. The van der Waals surface area contributed by atoms with Gasteiger partial charge in [0.15, 0.2) is 0 Å². The first-order chi connectivity index (χ1) is 12.5. The molecule has 1 aromatic heterocycles. The van der Waals surface area contributed by atoms with E-state index in [9.17, 15) is 12.8 Å². The van der Waals surface area contributed by atoms with E-state index >= 15 is 0 Å². The van der Waals surface area contributed by atoms with Crippen LogP contribution in [-0.2, 0) is 14.8 Å². The van der Waals surface area contributed by atoms with Gasteiger partial charge in [-0.15, -0.1) is 0 Å². The number of methoxy groups -OCH3 is 1. The highest BCUT2D eigenvalue weighted by Crippen LogP contribution is 2.29. The molecule has 1 unspecified atom stereocenters. The highest BCUT2D eigenvalue weighted by molar-refractivity contribution is 7.92. The summed E-state index contributed by atoms with van der Waals surface area (Å²) in [4.78, 5) is 6.19. The molecule has 140 valence electrons. The molecule has 0 spiro atoms. The number of nitrogens with zero attached hydrogens (tertiary/aromatic N) is 2. The van der Waals surface area contributed by atoms with Crippen LogP contribution < -0.4 is 9.62 Å². The van der Waals surface area contributed by atoms with Crippen LogP contribution in [0.15, 0.2) is 42.7 Å². The van der Waals surface area contributed by atoms with Gasteiger partial charge in [-0.2, -0.15) is 0 Å². The fourth-order valence-corrected chi connectivity index (χ4v) is 4.39. The summed E-state index contributed by atoms with van der Waals surface area (Å²) in [7, 11) is -2.26. The van der Waals surface area contributed by atoms with Crippen molar-refractivity contribution in [2.75, 3.05) is 35.6 Å². The number of halogens is 1. The van der Waals surface area contributed by atoms with Gasteiger partial charge >= 0.3 is 0 Å². The minimum absolute atomic E-state index is 0.274. The van der Waals surface area contributed by atoms with Crippen LogP contribution in [0.1, 0.15) is 24.5 Å². The Morgan fingerprint density at radius 2 is 1.92 bits per heavy atom. The van der Waals surface area contributed by atoms with E-state index in [2.05, 4.69) is 14.6 Å². The molecule has 0 bridgehead atoms. The van der Waals surface area contributed by atoms with Gasteiger partial charge in [0.2, 0.25) is 10.0 Å². The van der Waals surface area contributed by atoms with Gasteiger partial charge in [0, 0.05) is 26.4 Å². The van der Waals surface area contributed by atoms with Crippen LogP contribution in [0.5, 0.6) is 0 Å². The zero-order valence-corrected chi connectivity index (χ0v) is 15.4. The lowest BCUT2D eigenvalue weighted by atomic mass is 10.1. The van der Waals surface area contributed by atoms with Crippen molar-refractivity contribution in [3.05, 3.63) is 54.1 Å². The monoisotopic (exact) mass is 379 g/mol. The summed E-state index contributed by atoms with van der Waals surface area (Å²) in [6.45, 7) is 1.80. The van der Waals surface area contributed by atoms with Crippen molar-refractivity contribution in [3.8, 4) is 0 Å². The Morgan fingerprint density at radius 1 is 1.23 bits per heavy atom. The van der Waals surface area contributed by atoms with Gasteiger partial charge in [-0.3, -0.25) is 9.71 Å². The number of pyridine rings is 1.